The van der Waals surface area contributed by atoms with Crippen LogP contribution in [0.25, 0.3) is 10.8 Å². The summed E-state index contributed by atoms with van der Waals surface area (Å²) in [5, 5.41) is 2.32. The Labute approximate surface area is 118 Å². The molecule has 0 amide bonds. The molecule has 0 aliphatic heterocycles. The number of hydrogen-bond donors (Lipinski definition) is 1. The molecule has 0 radical (unpaired) electrons. The largest absolute Gasteiger partial charge is 0.488 e. The molecule has 0 bridgehead atoms. The van der Waals surface area contributed by atoms with Gasteiger partial charge in [-0.1, -0.05) is 48.5 Å². The third kappa shape index (κ3) is 2.32. The van der Waals surface area contributed by atoms with Crippen molar-refractivity contribution in [2.45, 2.75) is 13.5 Å². The van der Waals surface area contributed by atoms with Crippen LogP contribution in [0.5, 0.6) is 5.75 Å². The average Bonchev–Trinajstić information content (AvgIpc) is 2.49. The second kappa shape index (κ2) is 5.25. The third-order valence-corrected chi connectivity index (χ3v) is 3.62. The van der Waals surface area contributed by atoms with Gasteiger partial charge >= 0.3 is 0 Å². The van der Waals surface area contributed by atoms with Gasteiger partial charge in [0.1, 0.15) is 12.4 Å². The second-order valence-electron chi connectivity index (χ2n) is 4.90. The van der Waals surface area contributed by atoms with Gasteiger partial charge in [-0.3, -0.25) is 0 Å². The first-order valence-corrected chi connectivity index (χ1v) is 6.70. The maximum atomic E-state index is 5.99. The molecule has 0 unspecified atom stereocenters. The van der Waals surface area contributed by atoms with Crippen molar-refractivity contribution in [3.63, 3.8) is 0 Å². The molecule has 20 heavy (non-hydrogen) atoms. The van der Waals surface area contributed by atoms with Crippen molar-refractivity contribution in [3.05, 3.63) is 71.8 Å². The molecule has 3 rings (SSSR count). The fourth-order valence-electron chi connectivity index (χ4n) is 2.34. The topological polar surface area (TPSA) is 35.2 Å². The summed E-state index contributed by atoms with van der Waals surface area (Å²) in [6.07, 6.45) is 0. The lowest BCUT2D eigenvalue weighted by molar-refractivity contribution is 0.309. The van der Waals surface area contributed by atoms with Crippen molar-refractivity contribution < 1.29 is 4.74 Å². The molecule has 100 valence electrons. The minimum absolute atomic E-state index is 0.533. The lowest BCUT2D eigenvalue weighted by atomic mass is 10.1. The maximum Gasteiger partial charge on any atom is 0.127 e. The molecule has 0 fully saturated rings. The molecule has 0 spiro atoms. The highest BCUT2D eigenvalue weighted by molar-refractivity contribution is 5.88. The van der Waals surface area contributed by atoms with Gasteiger partial charge in [-0.25, -0.2) is 0 Å². The molecule has 0 aromatic heterocycles. The zero-order valence-electron chi connectivity index (χ0n) is 11.5. The van der Waals surface area contributed by atoms with E-state index >= 15 is 0 Å². The Kier molecular flexibility index (Phi) is 3.30. The smallest absolute Gasteiger partial charge is 0.127 e. The van der Waals surface area contributed by atoms with E-state index < -0.39 is 0 Å². The summed E-state index contributed by atoms with van der Waals surface area (Å²) in [6, 6.07) is 20.3. The molecular weight excluding hydrogens is 246 g/mol. The van der Waals surface area contributed by atoms with Crippen LogP contribution in [0.3, 0.4) is 0 Å². The predicted octanol–water partition coefficient (Wildman–Crippen LogP) is 4.31. The zero-order chi connectivity index (χ0) is 13.9. The molecule has 0 aliphatic rings. The standard InChI is InChI=1S/C18H17NO/c1-13-15(8-4-10-17(13)19)12-20-18-11-5-7-14-6-2-3-9-16(14)18/h2-11H,12,19H2,1H3. The van der Waals surface area contributed by atoms with E-state index in [-0.39, 0.29) is 0 Å². The highest BCUT2D eigenvalue weighted by atomic mass is 16.5. The highest BCUT2D eigenvalue weighted by Crippen LogP contribution is 2.26. The van der Waals surface area contributed by atoms with Crippen molar-refractivity contribution in [2.24, 2.45) is 0 Å². The molecular formula is C18H17NO. The second-order valence-corrected chi connectivity index (χ2v) is 4.90. The van der Waals surface area contributed by atoms with Gasteiger partial charge in [0.05, 0.1) is 0 Å². The van der Waals surface area contributed by atoms with E-state index in [1.807, 2.05) is 43.3 Å². The van der Waals surface area contributed by atoms with Crippen molar-refractivity contribution in [1.82, 2.24) is 0 Å². The van der Waals surface area contributed by atoms with Crippen molar-refractivity contribution in [1.29, 1.82) is 0 Å². The maximum absolute atomic E-state index is 5.99. The Balaban J connectivity index is 1.89. The Morgan fingerprint density at radius 3 is 2.55 bits per heavy atom. The summed E-state index contributed by atoms with van der Waals surface area (Å²) in [7, 11) is 0. The van der Waals surface area contributed by atoms with Crippen LogP contribution in [0.1, 0.15) is 11.1 Å². The van der Waals surface area contributed by atoms with E-state index in [2.05, 4.69) is 24.3 Å². The Morgan fingerprint density at radius 2 is 1.65 bits per heavy atom. The van der Waals surface area contributed by atoms with E-state index in [0.717, 1.165) is 28.0 Å². The molecule has 2 N–H and O–H groups in total. The van der Waals surface area contributed by atoms with Gasteiger partial charge in [-0.15, -0.1) is 0 Å². The summed E-state index contributed by atoms with van der Waals surface area (Å²) in [4.78, 5) is 0. The van der Waals surface area contributed by atoms with Crippen LogP contribution in [0.15, 0.2) is 60.7 Å². The minimum Gasteiger partial charge on any atom is -0.488 e. The molecule has 3 aromatic carbocycles. The quantitative estimate of drug-likeness (QED) is 0.715. The summed E-state index contributed by atoms with van der Waals surface area (Å²) in [5.74, 6) is 0.907. The molecule has 0 saturated carbocycles. The van der Waals surface area contributed by atoms with Crippen molar-refractivity contribution in [2.75, 3.05) is 5.73 Å². The molecule has 0 heterocycles. The molecule has 0 saturated heterocycles. The van der Waals surface area contributed by atoms with Crippen LogP contribution in [-0.2, 0) is 6.61 Å². The highest BCUT2D eigenvalue weighted by Gasteiger charge is 2.04. The van der Waals surface area contributed by atoms with Gasteiger partial charge in [0.15, 0.2) is 0 Å². The van der Waals surface area contributed by atoms with Gasteiger partial charge in [0.25, 0.3) is 0 Å². The summed E-state index contributed by atoms with van der Waals surface area (Å²) in [6.45, 7) is 2.56. The van der Waals surface area contributed by atoms with Gasteiger partial charge in [-0.05, 0) is 35.6 Å². The molecule has 3 aromatic rings. The third-order valence-electron chi connectivity index (χ3n) is 3.62. The molecule has 0 aliphatic carbocycles. The first kappa shape index (κ1) is 12.5. The van der Waals surface area contributed by atoms with E-state index in [4.69, 9.17) is 10.5 Å². The van der Waals surface area contributed by atoms with Crippen LogP contribution in [0.4, 0.5) is 5.69 Å². The summed E-state index contributed by atoms with van der Waals surface area (Å²) >= 11 is 0. The van der Waals surface area contributed by atoms with Crippen LogP contribution in [0, 0.1) is 6.92 Å². The van der Waals surface area contributed by atoms with E-state index in [1.54, 1.807) is 0 Å². The number of hydrogen-bond acceptors (Lipinski definition) is 2. The Morgan fingerprint density at radius 1 is 0.900 bits per heavy atom. The number of rotatable bonds is 3. The predicted molar refractivity (Wildman–Crippen MR) is 83.9 cm³/mol. The number of nitrogens with two attached hydrogens (primary N) is 1. The van der Waals surface area contributed by atoms with E-state index in [9.17, 15) is 0 Å². The van der Waals surface area contributed by atoms with Crippen LogP contribution in [-0.4, -0.2) is 0 Å². The fraction of sp³-hybridized carbons (Fsp3) is 0.111. The molecule has 0 atom stereocenters. The van der Waals surface area contributed by atoms with Crippen LogP contribution < -0.4 is 10.5 Å². The number of anilines is 1. The monoisotopic (exact) mass is 263 g/mol. The normalized spacial score (nSPS) is 10.7. The van der Waals surface area contributed by atoms with Crippen molar-refractivity contribution >= 4 is 16.5 Å². The number of ether oxygens (including phenoxy) is 1. The van der Waals surface area contributed by atoms with Gasteiger partial charge in [0.2, 0.25) is 0 Å². The Bertz CT molecular complexity index is 744. The lowest BCUT2D eigenvalue weighted by Crippen LogP contribution is -2.00. The first-order valence-electron chi connectivity index (χ1n) is 6.70. The van der Waals surface area contributed by atoms with Gasteiger partial charge < -0.3 is 10.5 Å². The zero-order valence-corrected chi connectivity index (χ0v) is 11.5. The summed E-state index contributed by atoms with van der Waals surface area (Å²) in [5.41, 5.74) is 8.95. The number of fused-ring (bicyclic) bond motifs is 1. The van der Waals surface area contributed by atoms with Gasteiger partial charge in [0, 0.05) is 11.1 Å². The Hall–Kier alpha value is -2.48. The number of nitrogen functional groups attached to an aromatic ring is 1. The molecule has 2 nitrogen and oxygen atoms in total. The van der Waals surface area contributed by atoms with E-state index in [0.29, 0.717) is 6.61 Å². The lowest BCUT2D eigenvalue weighted by Gasteiger charge is -2.12. The van der Waals surface area contributed by atoms with Crippen molar-refractivity contribution in [3.8, 4) is 5.75 Å². The van der Waals surface area contributed by atoms with Crippen LogP contribution >= 0.6 is 0 Å². The fourth-order valence-corrected chi connectivity index (χ4v) is 2.34. The SMILES string of the molecule is Cc1c(N)cccc1COc1cccc2ccccc12. The van der Waals surface area contributed by atoms with E-state index in [1.165, 1.54) is 5.39 Å². The molecule has 2 heteroatoms. The number of benzene rings is 3. The van der Waals surface area contributed by atoms with Gasteiger partial charge in [-0.2, -0.15) is 0 Å². The minimum atomic E-state index is 0.533. The first-order chi connectivity index (χ1) is 9.75. The summed E-state index contributed by atoms with van der Waals surface area (Å²) < 4.78 is 5.99. The average molecular weight is 263 g/mol. The van der Waals surface area contributed by atoms with Crippen LogP contribution in [0.2, 0.25) is 0 Å².